The van der Waals surface area contributed by atoms with Crippen LogP contribution in [0.5, 0.6) is 0 Å². The maximum Gasteiger partial charge on any atom is 0.331 e. The molecule has 4 amide bonds. The Morgan fingerprint density at radius 1 is 1.37 bits per heavy atom. The molecule has 1 spiro atoms. The van der Waals surface area contributed by atoms with Crippen molar-refractivity contribution >= 4 is 17.8 Å². The van der Waals surface area contributed by atoms with Gasteiger partial charge < -0.3 is 0 Å². The SMILES string of the molecule is Cn1cc(CN2C(=O)NC(=O)C3(CCC3)C2=O)cn1. The molecular weight excluding hydrogens is 248 g/mol. The van der Waals surface area contributed by atoms with Gasteiger partial charge in [0.1, 0.15) is 5.41 Å². The van der Waals surface area contributed by atoms with Gasteiger partial charge in [-0.25, -0.2) is 4.79 Å². The number of hydrogen-bond donors (Lipinski definition) is 1. The van der Waals surface area contributed by atoms with Gasteiger partial charge in [-0.2, -0.15) is 5.10 Å². The Morgan fingerprint density at radius 2 is 2.11 bits per heavy atom. The van der Waals surface area contributed by atoms with Crippen molar-refractivity contribution in [3.8, 4) is 0 Å². The van der Waals surface area contributed by atoms with Crippen LogP contribution in [0.2, 0.25) is 0 Å². The van der Waals surface area contributed by atoms with Crippen molar-refractivity contribution in [3.63, 3.8) is 0 Å². The second-order valence-corrected chi connectivity index (χ2v) is 5.11. The van der Waals surface area contributed by atoms with Gasteiger partial charge in [0.15, 0.2) is 0 Å². The fourth-order valence-electron chi connectivity index (χ4n) is 2.58. The van der Waals surface area contributed by atoms with E-state index >= 15 is 0 Å². The van der Waals surface area contributed by atoms with E-state index in [1.54, 1.807) is 24.1 Å². The number of carbonyl (C=O) groups excluding carboxylic acids is 3. The summed E-state index contributed by atoms with van der Waals surface area (Å²) in [7, 11) is 1.76. The van der Waals surface area contributed by atoms with Crippen molar-refractivity contribution in [2.24, 2.45) is 12.5 Å². The number of nitrogens with one attached hydrogen (secondary N) is 1. The number of nitrogens with zero attached hydrogens (tertiary/aromatic N) is 3. The Bertz CT molecular complexity index is 573. The molecule has 1 aromatic rings. The van der Waals surface area contributed by atoms with Crippen LogP contribution in [0, 0.1) is 5.41 Å². The van der Waals surface area contributed by atoms with Crippen LogP contribution in [-0.2, 0) is 23.2 Å². The summed E-state index contributed by atoms with van der Waals surface area (Å²) in [5.74, 6) is -0.826. The number of urea groups is 1. The van der Waals surface area contributed by atoms with Gasteiger partial charge in [-0.1, -0.05) is 6.42 Å². The standard InChI is InChI=1S/C12H14N4O3/c1-15-6-8(5-13-15)7-16-10(18)12(3-2-4-12)9(17)14-11(16)19/h5-6H,2-4,7H2,1H3,(H,14,17,19). The summed E-state index contributed by atoms with van der Waals surface area (Å²) in [6.45, 7) is 0.146. The minimum absolute atomic E-state index is 0.146. The van der Waals surface area contributed by atoms with E-state index in [1.807, 2.05) is 0 Å². The molecule has 1 aliphatic carbocycles. The van der Waals surface area contributed by atoms with Gasteiger partial charge in [-0.15, -0.1) is 0 Å². The third-order valence-corrected chi connectivity index (χ3v) is 3.86. The first-order chi connectivity index (χ1) is 9.03. The molecule has 100 valence electrons. The summed E-state index contributed by atoms with van der Waals surface area (Å²) in [4.78, 5) is 37.1. The van der Waals surface area contributed by atoms with E-state index in [2.05, 4.69) is 10.4 Å². The highest BCUT2D eigenvalue weighted by atomic mass is 16.2. The Labute approximate surface area is 109 Å². The molecular formula is C12H14N4O3. The van der Waals surface area contributed by atoms with Crippen LogP contribution >= 0.6 is 0 Å². The summed E-state index contributed by atoms with van der Waals surface area (Å²) in [5, 5.41) is 6.28. The Morgan fingerprint density at radius 3 is 2.63 bits per heavy atom. The molecule has 3 rings (SSSR count). The average molecular weight is 262 g/mol. The molecule has 0 radical (unpaired) electrons. The van der Waals surface area contributed by atoms with Gasteiger partial charge in [0.2, 0.25) is 11.8 Å². The lowest BCUT2D eigenvalue weighted by Gasteiger charge is -2.44. The molecule has 2 heterocycles. The average Bonchev–Trinajstić information content (AvgIpc) is 2.68. The van der Waals surface area contributed by atoms with Crippen molar-refractivity contribution in [2.75, 3.05) is 0 Å². The molecule has 0 unspecified atom stereocenters. The molecule has 0 bridgehead atoms. The minimum atomic E-state index is -1.00. The topological polar surface area (TPSA) is 84.3 Å². The van der Waals surface area contributed by atoms with Crippen LogP contribution in [0.3, 0.4) is 0 Å². The van der Waals surface area contributed by atoms with Gasteiger partial charge in [-0.3, -0.25) is 24.5 Å². The third kappa shape index (κ3) is 1.65. The zero-order chi connectivity index (χ0) is 13.6. The van der Waals surface area contributed by atoms with E-state index in [1.165, 1.54) is 0 Å². The fourth-order valence-corrected chi connectivity index (χ4v) is 2.58. The first-order valence-electron chi connectivity index (χ1n) is 6.18. The first kappa shape index (κ1) is 11.9. The molecule has 1 aromatic heterocycles. The lowest BCUT2D eigenvalue weighted by atomic mass is 9.66. The number of rotatable bonds is 2. The lowest BCUT2D eigenvalue weighted by Crippen LogP contribution is -2.65. The quantitative estimate of drug-likeness (QED) is 0.770. The van der Waals surface area contributed by atoms with Crippen LogP contribution < -0.4 is 5.32 Å². The molecule has 2 aliphatic rings. The zero-order valence-electron chi connectivity index (χ0n) is 10.5. The largest absolute Gasteiger partial charge is 0.331 e. The van der Waals surface area contributed by atoms with Crippen LogP contribution in [-0.4, -0.2) is 32.5 Å². The number of aryl methyl sites for hydroxylation is 1. The van der Waals surface area contributed by atoms with Crippen LogP contribution in [0.4, 0.5) is 4.79 Å². The lowest BCUT2D eigenvalue weighted by molar-refractivity contribution is -0.158. The Balaban J connectivity index is 1.85. The van der Waals surface area contributed by atoms with Crippen LogP contribution in [0.1, 0.15) is 24.8 Å². The van der Waals surface area contributed by atoms with Crippen molar-refractivity contribution in [3.05, 3.63) is 18.0 Å². The van der Waals surface area contributed by atoms with Gasteiger partial charge in [0.05, 0.1) is 12.7 Å². The summed E-state index contributed by atoms with van der Waals surface area (Å²) < 4.78 is 1.60. The predicted molar refractivity (Wildman–Crippen MR) is 63.6 cm³/mol. The van der Waals surface area contributed by atoms with E-state index in [9.17, 15) is 14.4 Å². The highest BCUT2D eigenvalue weighted by Gasteiger charge is 2.57. The van der Waals surface area contributed by atoms with Crippen molar-refractivity contribution in [2.45, 2.75) is 25.8 Å². The zero-order valence-corrected chi connectivity index (χ0v) is 10.5. The molecule has 1 N–H and O–H groups in total. The third-order valence-electron chi connectivity index (χ3n) is 3.86. The molecule has 2 fully saturated rings. The van der Waals surface area contributed by atoms with E-state index in [0.29, 0.717) is 12.8 Å². The highest BCUT2D eigenvalue weighted by Crippen LogP contribution is 2.44. The van der Waals surface area contributed by atoms with Gasteiger partial charge in [-0.05, 0) is 12.8 Å². The maximum absolute atomic E-state index is 12.4. The molecule has 1 saturated carbocycles. The van der Waals surface area contributed by atoms with Gasteiger partial charge >= 0.3 is 6.03 Å². The minimum Gasteiger partial charge on any atom is -0.277 e. The number of carbonyl (C=O) groups is 3. The van der Waals surface area contributed by atoms with Gasteiger partial charge in [0.25, 0.3) is 0 Å². The van der Waals surface area contributed by atoms with Crippen molar-refractivity contribution in [1.29, 1.82) is 0 Å². The summed E-state index contributed by atoms with van der Waals surface area (Å²) in [6, 6.07) is -0.642. The second-order valence-electron chi connectivity index (χ2n) is 5.11. The molecule has 7 heteroatoms. The van der Waals surface area contributed by atoms with Crippen LogP contribution in [0.25, 0.3) is 0 Å². The maximum atomic E-state index is 12.4. The number of imide groups is 2. The van der Waals surface area contributed by atoms with Gasteiger partial charge in [0, 0.05) is 18.8 Å². The Hall–Kier alpha value is -2.18. The second kappa shape index (κ2) is 3.91. The van der Waals surface area contributed by atoms with E-state index in [4.69, 9.17) is 0 Å². The van der Waals surface area contributed by atoms with E-state index in [0.717, 1.165) is 16.9 Å². The van der Waals surface area contributed by atoms with Crippen LogP contribution in [0.15, 0.2) is 12.4 Å². The molecule has 0 atom stereocenters. The molecule has 7 nitrogen and oxygen atoms in total. The highest BCUT2D eigenvalue weighted by molar-refractivity contribution is 6.19. The predicted octanol–water partition coefficient (Wildman–Crippen LogP) is 0.169. The first-order valence-corrected chi connectivity index (χ1v) is 6.18. The number of hydrogen-bond acceptors (Lipinski definition) is 4. The summed E-state index contributed by atoms with van der Waals surface area (Å²) >= 11 is 0. The summed E-state index contributed by atoms with van der Waals surface area (Å²) in [5.41, 5.74) is -0.245. The number of amides is 4. The Kier molecular flexibility index (Phi) is 2.44. The molecule has 0 aromatic carbocycles. The summed E-state index contributed by atoms with van der Waals surface area (Å²) in [6.07, 6.45) is 5.23. The van der Waals surface area contributed by atoms with Crippen molar-refractivity contribution < 1.29 is 14.4 Å². The van der Waals surface area contributed by atoms with Crippen molar-refractivity contribution in [1.82, 2.24) is 20.0 Å². The molecule has 1 saturated heterocycles. The number of aromatic nitrogens is 2. The van der Waals surface area contributed by atoms with E-state index < -0.39 is 17.4 Å². The number of barbiturate groups is 1. The van der Waals surface area contributed by atoms with E-state index in [-0.39, 0.29) is 12.5 Å². The normalized spacial score (nSPS) is 21.5. The molecule has 19 heavy (non-hydrogen) atoms. The smallest absolute Gasteiger partial charge is 0.277 e. The molecule has 1 aliphatic heterocycles. The monoisotopic (exact) mass is 262 g/mol. The fraction of sp³-hybridized carbons (Fsp3) is 0.500.